The Morgan fingerprint density at radius 3 is 1.44 bits per heavy atom. The highest BCUT2D eigenvalue weighted by atomic mass is 14.9. The Labute approximate surface area is 210 Å². The zero-order valence-electron chi connectivity index (χ0n) is 22.2. The minimum absolute atomic E-state index is 1.08. The molecule has 1 aromatic carbocycles. The van der Waals surface area contributed by atoms with Gasteiger partial charge in [-0.1, -0.05) is 128 Å². The number of pyridine rings is 1. The van der Waals surface area contributed by atoms with Gasteiger partial charge in [-0.2, -0.15) is 0 Å². The van der Waals surface area contributed by atoms with Crippen LogP contribution >= 0.6 is 0 Å². The van der Waals surface area contributed by atoms with E-state index in [0.29, 0.717) is 0 Å². The molecule has 2 aromatic rings. The van der Waals surface area contributed by atoms with Crippen molar-refractivity contribution in [3.63, 3.8) is 0 Å². The zero-order valence-corrected chi connectivity index (χ0v) is 22.2. The second-order valence-corrected chi connectivity index (χ2v) is 9.98. The molecule has 0 saturated heterocycles. The Bertz CT molecular complexity index is 746. The molecule has 188 valence electrons. The summed E-state index contributed by atoms with van der Waals surface area (Å²) in [7, 11) is 2.04. The van der Waals surface area contributed by atoms with E-state index in [9.17, 15) is 0 Å². The van der Waals surface area contributed by atoms with Crippen LogP contribution in [0.15, 0.2) is 48.8 Å². The van der Waals surface area contributed by atoms with E-state index in [1.54, 1.807) is 0 Å². The van der Waals surface area contributed by atoms with Gasteiger partial charge < -0.3 is 5.32 Å². The van der Waals surface area contributed by atoms with E-state index < -0.39 is 0 Å². The molecular weight excluding hydrogens is 412 g/mol. The first-order valence-electron chi connectivity index (χ1n) is 14.3. The number of aryl methyl sites for hydroxylation is 1. The van der Waals surface area contributed by atoms with E-state index in [4.69, 9.17) is 0 Å². The minimum Gasteiger partial charge on any atom is -0.385 e. The van der Waals surface area contributed by atoms with Crippen LogP contribution in [0.5, 0.6) is 0 Å². The lowest BCUT2D eigenvalue weighted by atomic mass is 10.0. The predicted octanol–water partition coefficient (Wildman–Crippen LogP) is 9.35. The summed E-state index contributed by atoms with van der Waals surface area (Å²) in [6, 6.07) is 13.0. The van der Waals surface area contributed by atoms with Crippen LogP contribution in [-0.2, 0) is 7.05 Å². The SMILES string of the molecule is CCCCCCCCCCCCCCCCCCNc1ccc(/C=C/c2cc[n+](C)cc2)cc1. The molecule has 0 spiro atoms. The summed E-state index contributed by atoms with van der Waals surface area (Å²) in [5.74, 6) is 0. The van der Waals surface area contributed by atoms with E-state index in [-0.39, 0.29) is 0 Å². The van der Waals surface area contributed by atoms with Gasteiger partial charge >= 0.3 is 0 Å². The van der Waals surface area contributed by atoms with Crippen molar-refractivity contribution in [2.45, 2.75) is 110 Å². The molecule has 1 heterocycles. The molecule has 1 N–H and O–H groups in total. The lowest BCUT2D eigenvalue weighted by Gasteiger charge is -2.07. The predicted molar refractivity (Wildman–Crippen MR) is 151 cm³/mol. The molecular formula is C32H51N2+. The second-order valence-electron chi connectivity index (χ2n) is 9.98. The average molecular weight is 464 g/mol. The molecule has 0 fully saturated rings. The third-order valence-corrected chi connectivity index (χ3v) is 6.74. The summed E-state index contributed by atoms with van der Waals surface area (Å²) in [5, 5.41) is 3.57. The largest absolute Gasteiger partial charge is 0.385 e. The fourth-order valence-corrected chi connectivity index (χ4v) is 4.43. The van der Waals surface area contributed by atoms with Crippen LogP contribution in [0.2, 0.25) is 0 Å². The van der Waals surface area contributed by atoms with Crippen molar-refractivity contribution in [1.29, 1.82) is 0 Å². The van der Waals surface area contributed by atoms with Gasteiger partial charge in [0.25, 0.3) is 0 Å². The maximum Gasteiger partial charge on any atom is 0.169 e. The summed E-state index contributed by atoms with van der Waals surface area (Å²) < 4.78 is 2.05. The number of hydrogen-bond donors (Lipinski definition) is 1. The number of aromatic nitrogens is 1. The summed E-state index contributed by atoms with van der Waals surface area (Å²) >= 11 is 0. The van der Waals surface area contributed by atoms with Gasteiger partial charge in [0.1, 0.15) is 7.05 Å². The summed E-state index contributed by atoms with van der Waals surface area (Å²) in [4.78, 5) is 0. The van der Waals surface area contributed by atoms with Gasteiger partial charge in [-0.15, -0.1) is 0 Å². The number of anilines is 1. The van der Waals surface area contributed by atoms with Crippen molar-refractivity contribution in [1.82, 2.24) is 0 Å². The second kappa shape index (κ2) is 19.2. The molecule has 2 nitrogen and oxygen atoms in total. The van der Waals surface area contributed by atoms with E-state index in [2.05, 4.69) is 77.8 Å². The Morgan fingerprint density at radius 2 is 0.971 bits per heavy atom. The first kappa shape index (κ1) is 28.1. The average Bonchev–Trinajstić information content (AvgIpc) is 2.86. The van der Waals surface area contributed by atoms with Crippen LogP contribution in [0.1, 0.15) is 121 Å². The molecule has 2 heteroatoms. The molecule has 2 rings (SSSR count). The van der Waals surface area contributed by atoms with Crippen molar-refractivity contribution in [2.24, 2.45) is 7.05 Å². The third kappa shape index (κ3) is 14.2. The molecule has 1 aromatic heterocycles. The molecule has 0 radical (unpaired) electrons. The van der Waals surface area contributed by atoms with E-state index >= 15 is 0 Å². The van der Waals surface area contributed by atoms with Crippen molar-refractivity contribution in [3.05, 3.63) is 59.9 Å². The number of unbranched alkanes of at least 4 members (excludes halogenated alkanes) is 15. The van der Waals surface area contributed by atoms with Gasteiger partial charge in [0.15, 0.2) is 12.4 Å². The fraction of sp³-hybridized carbons (Fsp3) is 0.594. The van der Waals surface area contributed by atoms with E-state index in [0.717, 1.165) is 6.54 Å². The molecule has 0 saturated carbocycles. The zero-order chi connectivity index (χ0) is 24.1. The molecule has 0 aliphatic heterocycles. The third-order valence-electron chi connectivity index (χ3n) is 6.74. The fourth-order valence-electron chi connectivity index (χ4n) is 4.43. The number of rotatable bonds is 20. The minimum atomic E-state index is 1.08. The van der Waals surface area contributed by atoms with Crippen LogP contribution in [-0.4, -0.2) is 6.54 Å². The summed E-state index contributed by atoms with van der Waals surface area (Å²) in [5.41, 5.74) is 3.69. The molecule has 0 aliphatic rings. The first-order chi connectivity index (χ1) is 16.8. The smallest absolute Gasteiger partial charge is 0.169 e. The van der Waals surface area contributed by atoms with Crippen molar-refractivity contribution < 1.29 is 4.57 Å². The van der Waals surface area contributed by atoms with Crippen molar-refractivity contribution in [2.75, 3.05) is 11.9 Å². The van der Waals surface area contributed by atoms with Crippen LogP contribution in [0.25, 0.3) is 12.2 Å². The normalized spacial score (nSPS) is 11.4. The summed E-state index contributed by atoms with van der Waals surface area (Å²) in [6.07, 6.45) is 31.2. The first-order valence-corrected chi connectivity index (χ1v) is 14.3. The van der Waals surface area contributed by atoms with Gasteiger partial charge in [-0.3, -0.25) is 0 Å². The van der Waals surface area contributed by atoms with Gasteiger partial charge in [0, 0.05) is 24.4 Å². The number of hydrogen-bond acceptors (Lipinski definition) is 1. The summed E-state index contributed by atoms with van der Waals surface area (Å²) in [6.45, 7) is 3.37. The van der Waals surface area contributed by atoms with Crippen LogP contribution in [0.4, 0.5) is 5.69 Å². The molecule has 0 unspecified atom stereocenters. The lowest BCUT2D eigenvalue weighted by Crippen LogP contribution is -2.25. The van der Waals surface area contributed by atoms with Crippen LogP contribution in [0, 0.1) is 0 Å². The highest BCUT2D eigenvalue weighted by Gasteiger charge is 1.96. The molecule has 0 atom stereocenters. The molecule has 0 amide bonds. The van der Waals surface area contributed by atoms with E-state index in [1.807, 2.05) is 7.05 Å². The van der Waals surface area contributed by atoms with Gasteiger partial charge in [-0.05, 0) is 29.7 Å². The standard InChI is InChI=1S/C32H50N2/c1-3-4-5-6-7-8-9-10-11-12-13-14-15-16-17-18-27-33-32-23-21-30(22-24-32)19-20-31-25-28-34(2)29-26-31/h19-26,28-29H,3-18,27H2,1-2H3/p+1. The number of nitrogens with one attached hydrogen (secondary N) is 1. The number of benzene rings is 1. The van der Waals surface area contributed by atoms with Crippen molar-refractivity contribution >= 4 is 17.8 Å². The molecule has 0 bridgehead atoms. The number of nitrogens with zero attached hydrogens (tertiary/aromatic N) is 1. The van der Waals surface area contributed by atoms with Crippen LogP contribution in [0.3, 0.4) is 0 Å². The highest BCUT2D eigenvalue weighted by Crippen LogP contribution is 2.15. The molecule has 0 aliphatic carbocycles. The molecule has 34 heavy (non-hydrogen) atoms. The maximum atomic E-state index is 3.57. The van der Waals surface area contributed by atoms with Gasteiger partial charge in [0.05, 0.1) is 0 Å². The van der Waals surface area contributed by atoms with Crippen LogP contribution < -0.4 is 9.88 Å². The van der Waals surface area contributed by atoms with Gasteiger partial charge in [0.2, 0.25) is 0 Å². The monoisotopic (exact) mass is 463 g/mol. The van der Waals surface area contributed by atoms with Gasteiger partial charge in [-0.25, -0.2) is 4.57 Å². The highest BCUT2D eigenvalue weighted by molar-refractivity contribution is 5.70. The quantitative estimate of drug-likeness (QED) is 0.153. The Kier molecular flexibility index (Phi) is 15.9. The Balaban J connectivity index is 1.39. The maximum absolute atomic E-state index is 3.57. The van der Waals surface area contributed by atoms with E-state index in [1.165, 1.54) is 120 Å². The lowest BCUT2D eigenvalue weighted by molar-refractivity contribution is -0.671. The van der Waals surface area contributed by atoms with Crippen molar-refractivity contribution in [3.8, 4) is 0 Å². The topological polar surface area (TPSA) is 15.9 Å². The Morgan fingerprint density at radius 1 is 0.559 bits per heavy atom. The Hall–Kier alpha value is -2.09.